The number of aryl methyl sites for hydroxylation is 1. The summed E-state index contributed by atoms with van der Waals surface area (Å²) >= 11 is 1.43. The molecule has 35 heavy (non-hydrogen) atoms. The number of thiophene rings is 1. The molecule has 1 unspecified atom stereocenters. The average Bonchev–Trinajstić information content (AvgIpc) is 3.20. The Balaban J connectivity index is 1.35. The molecule has 3 aromatic rings. The van der Waals surface area contributed by atoms with E-state index in [1.807, 2.05) is 31.2 Å². The predicted octanol–water partition coefficient (Wildman–Crippen LogP) is 5.24. The van der Waals surface area contributed by atoms with Crippen molar-refractivity contribution in [3.8, 4) is 5.75 Å². The number of nitrogens with one attached hydrogen (secondary N) is 2. The van der Waals surface area contributed by atoms with E-state index in [4.69, 9.17) is 9.47 Å². The van der Waals surface area contributed by atoms with E-state index in [0.29, 0.717) is 33.5 Å². The second kappa shape index (κ2) is 10.7. The fraction of sp³-hybridized carbons (Fsp3) is 0.296. The molecule has 1 aliphatic carbocycles. The minimum absolute atomic E-state index is 0.228. The number of amides is 2. The summed E-state index contributed by atoms with van der Waals surface area (Å²) < 4.78 is 10.6. The molecule has 2 N–H and O–H groups in total. The van der Waals surface area contributed by atoms with Crippen LogP contribution in [0.2, 0.25) is 0 Å². The number of ether oxygens (including phenoxy) is 2. The van der Waals surface area contributed by atoms with E-state index in [1.165, 1.54) is 18.4 Å². The van der Waals surface area contributed by atoms with Crippen LogP contribution in [-0.2, 0) is 22.4 Å². The molecule has 0 spiro atoms. The van der Waals surface area contributed by atoms with Gasteiger partial charge in [0.15, 0.2) is 6.61 Å². The molecule has 2 amide bonds. The van der Waals surface area contributed by atoms with Gasteiger partial charge in [-0.3, -0.25) is 9.59 Å². The first-order valence-electron chi connectivity index (χ1n) is 11.5. The number of hydrogen-bond donors (Lipinski definition) is 2. The Bertz CT molecular complexity index is 1230. The highest BCUT2D eigenvalue weighted by Crippen LogP contribution is 2.40. The van der Waals surface area contributed by atoms with E-state index in [0.717, 1.165) is 35.3 Å². The molecule has 8 heteroatoms. The van der Waals surface area contributed by atoms with E-state index in [9.17, 15) is 14.4 Å². The molecule has 0 saturated carbocycles. The van der Waals surface area contributed by atoms with Crippen LogP contribution >= 0.6 is 11.3 Å². The van der Waals surface area contributed by atoms with Gasteiger partial charge in [-0.15, -0.1) is 11.3 Å². The van der Waals surface area contributed by atoms with Crippen LogP contribution in [0.4, 0.5) is 10.7 Å². The van der Waals surface area contributed by atoms with E-state index >= 15 is 0 Å². The SMILES string of the molecule is COC(=O)c1c(NC(=O)COc2ccc(C(=O)Nc3ccc(C)cc3)cc2)sc2c1CCC(C)C2. The number of hydrogen-bond acceptors (Lipinski definition) is 6. The lowest BCUT2D eigenvalue weighted by Gasteiger charge is -2.18. The summed E-state index contributed by atoms with van der Waals surface area (Å²) in [6.07, 6.45) is 2.69. The maximum atomic E-state index is 12.6. The first-order chi connectivity index (χ1) is 16.8. The molecule has 1 aromatic heterocycles. The van der Waals surface area contributed by atoms with E-state index < -0.39 is 5.97 Å². The van der Waals surface area contributed by atoms with Crippen molar-refractivity contribution in [3.05, 3.63) is 75.7 Å². The van der Waals surface area contributed by atoms with Gasteiger partial charge in [-0.05, 0) is 74.1 Å². The van der Waals surface area contributed by atoms with E-state index in [1.54, 1.807) is 24.3 Å². The maximum absolute atomic E-state index is 12.6. The van der Waals surface area contributed by atoms with Crippen LogP contribution in [0.1, 0.15) is 50.1 Å². The highest BCUT2D eigenvalue weighted by molar-refractivity contribution is 7.17. The topological polar surface area (TPSA) is 93.7 Å². The summed E-state index contributed by atoms with van der Waals surface area (Å²) in [5.41, 5.74) is 3.74. The Morgan fingerprint density at radius 2 is 1.74 bits per heavy atom. The zero-order valence-electron chi connectivity index (χ0n) is 20.0. The molecule has 0 fully saturated rings. The molecule has 0 aliphatic heterocycles. The van der Waals surface area contributed by atoms with Crippen LogP contribution < -0.4 is 15.4 Å². The van der Waals surface area contributed by atoms with Gasteiger partial charge in [0.25, 0.3) is 11.8 Å². The highest BCUT2D eigenvalue weighted by Gasteiger charge is 2.28. The number of carbonyl (C=O) groups is 3. The van der Waals surface area contributed by atoms with Gasteiger partial charge in [0.1, 0.15) is 10.8 Å². The second-order valence-electron chi connectivity index (χ2n) is 8.73. The van der Waals surface area contributed by atoms with Gasteiger partial charge in [-0.1, -0.05) is 24.6 Å². The smallest absolute Gasteiger partial charge is 0.341 e. The van der Waals surface area contributed by atoms with Gasteiger partial charge in [0.05, 0.1) is 12.7 Å². The molecule has 1 heterocycles. The normalized spacial score (nSPS) is 14.5. The molecule has 1 aliphatic rings. The second-order valence-corrected chi connectivity index (χ2v) is 9.83. The number of anilines is 2. The summed E-state index contributed by atoms with van der Waals surface area (Å²) in [5.74, 6) is -0.0415. The van der Waals surface area contributed by atoms with Crippen molar-refractivity contribution in [2.24, 2.45) is 5.92 Å². The molecule has 182 valence electrons. The highest BCUT2D eigenvalue weighted by atomic mass is 32.1. The average molecular weight is 493 g/mol. The fourth-order valence-electron chi connectivity index (χ4n) is 4.01. The standard InChI is InChI=1S/C27H28N2O5S/c1-16-4-9-19(10-5-16)28-25(31)18-7-11-20(12-8-18)34-15-23(30)29-26-24(27(32)33-3)21-13-6-17(2)14-22(21)35-26/h4-5,7-12,17H,6,13-15H2,1-3H3,(H,28,31)(H,29,30). The molecule has 2 aromatic carbocycles. The zero-order chi connectivity index (χ0) is 24.9. The quantitative estimate of drug-likeness (QED) is 0.440. The molecule has 0 bridgehead atoms. The van der Waals surface area contributed by atoms with Crippen molar-refractivity contribution in [1.29, 1.82) is 0 Å². The lowest BCUT2D eigenvalue weighted by molar-refractivity contribution is -0.118. The third-order valence-electron chi connectivity index (χ3n) is 5.95. The number of carbonyl (C=O) groups excluding carboxylic acids is 3. The largest absolute Gasteiger partial charge is 0.484 e. The van der Waals surface area contributed by atoms with Crippen molar-refractivity contribution in [1.82, 2.24) is 0 Å². The number of rotatable bonds is 7. The van der Waals surface area contributed by atoms with Gasteiger partial charge in [0.2, 0.25) is 0 Å². The molecule has 1 atom stereocenters. The van der Waals surface area contributed by atoms with Crippen LogP contribution in [0.25, 0.3) is 0 Å². The molecule has 0 radical (unpaired) electrons. The van der Waals surface area contributed by atoms with Gasteiger partial charge in [-0.25, -0.2) is 4.79 Å². The molecule has 4 rings (SSSR count). The maximum Gasteiger partial charge on any atom is 0.341 e. The van der Waals surface area contributed by atoms with Crippen molar-refractivity contribution in [2.45, 2.75) is 33.1 Å². The van der Waals surface area contributed by atoms with Gasteiger partial charge < -0.3 is 20.1 Å². The summed E-state index contributed by atoms with van der Waals surface area (Å²) in [6, 6.07) is 14.1. The molecular formula is C27H28N2O5S. The summed E-state index contributed by atoms with van der Waals surface area (Å²) in [7, 11) is 1.34. The van der Waals surface area contributed by atoms with Crippen molar-refractivity contribution in [2.75, 3.05) is 24.4 Å². The van der Waals surface area contributed by atoms with E-state index in [-0.39, 0.29) is 18.4 Å². The van der Waals surface area contributed by atoms with Crippen LogP contribution in [-0.4, -0.2) is 31.5 Å². The zero-order valence-corrected chi connectivity index (χ0v) is 20.8. The van der Waals surface area contributed by atoms with E-state index in [2.05, 4.69) is 17.6 Å². The number of benzene rings is 2. The summed E-state index contributed by atoms with van der Waals surface area (Å²) in [6.45, 7) is 3.94. The Morgan fingerprint density at radius 3 is 2.43 bits per heavy atom. The molecule has 7 nitrogen and oxygen atoms in total. The van der Waals surface area contributed by atoms with Crippen LogP contribution in [0.15, 0.2) is 48.5 Å². The third kappa shape index (κ3) is 5.89. The lowest BCUT2D eigenvalue weighted by Crippen LogP contribution is -2.21. The lowest BCUT2D eigenvalue weighted by atomic mass is 9.88. The minimum Gasteiger partial charge on any atom is -0.484 e. The Morgan fingerprint density at radius 1 is 1.03 bits per heavy atom. The Hall–Kier alpha value is -3.65. The summed E-state index contributed by atoms with van der Waals surface area (Å²) in [5, 5.41) is 6.17. The van der Waals surface area contributed by atoms with Gasteiger partial charge >= 0.3 is 5.97 Å². The molecular weight excluding hydrogens is 464 g/mol. The van der Waals surface area contributed by atoms with Crippen molar-refractivity contribution >= 4 is 39.8 Å². The Kier molecular flexibility index (Phi) is 7.51. The van der Waals surface area contributed by atoms with Gasteiger partial charge in [0, 0.05) is 16.1 Å². The number of fused-ring (bicyclic) bond motifs is 1. The minimum atomic E-state index is -0.437. The number of esters is 1. The van der Waals surface area contributed by atoms with Crippen LogP contribution in [0, 0.1) is 12.8 Å². The first-order valence-corrected chi connectivity index (χ1v) is 12.3. The predicted molar refractivity (Wildman–Crippen MR) is 137 cm³/mol. The summed E-state index contributed by atoms with van der Waals surface area (Å²) in [4.78, 5) is 38.5. The monoisotopic (exact) mass is 492 g/mol. The molecule has 0 saturated heterocycles. The number of methoxy groups -OCH3 is 1. The third-order valence-corrected chi connectivity index (χ3v) is 7.12. The van der Waals surface area contributed by atoms with Crippen LogP contribution in [0.3, 0.4) is 0 Å². The van der Waals surface area contributed by atoms with Crippen molar-refractivity contribution < 1.29 is 23.9 Å². The Labute approximate surface area is 208 Å². The fourth-order valence-corrected chi connectivity index (χ4v) is 5.43. The van der Waals surface area contributed by atoms with Gasteiger partial charge in [-0.2, -0.15) is 0 Å². The first kappa shape index (κ1) is 24.5. The van der Waals surface area contributed by atoms with Crippen molar-refractivity contribution in [3.63, 3.8) is 0 Å². The van der Waals surface area contributed by atoms with Crippen LogP contribution in [0.5, 0.6) is 5.75 Å².